The Kier molecular flexibility index (Phi) is 5.03. The Balaban J connectivity index is 3.44. The number of carbonyl (C=O) groups excluding carboxylic acids is 2. The molecular formula is C7H14N2O3. The fourth-order valence-electron chi connectivity index (χ4n) is 0.551. The van der Waals surface area contributed by atoms with E-state index in [1.54, 1.807) is 6.92 Å². The summed E-state index contributed by atoms with van der Waals surface area (Å²) < 4.78 is 4.37. The van der Waals surface area contributed by atoms with Gasteiger partial charge in [-0.15, -0.1) is 0 Å². The van der Waals surface area contributed by atoms with Gasteiger partial charge in [0.05, 0.1) is 19.6 Å². The van der Waals surface area contributed by atoms with Gasteiger partial charge in [0.15, 0.2) is 0 Å². The number of nitrogens with two attached hydrogens (primary N) is 1. The first-order valence-corrected chi connectivity index (χ1v) is 3.68. The first-order valence-electron chi connectivity index (χ1n) is 3.68. The minimum atomic E-state index is -0.539. The molecule has 5 nitrogen and oxygen atoms in total. The van der Waals surface area contributed by atoms with Crippen LogP contribution in [0.2, 0.25) is 0 Å². The average Bonchev–Trinajstić information content (AvgIpc) is 2.03. The molecule has 1 atom stereocenters. The lowest BCUT2D eigenvalue weighted by molar-refractivity contribution is -0.140. The summed E-state index contributed by atoms with van der Waals surface area (Å²) in [6.45, 7) is 1.85. The van der Waals surface area contributed by atoms with Crippen LogP contribution in [0.15, 0.2) is 0 Å². The molecule has 0 heterocycles. The molecule has 0 spiro atoms. The van der Waals surface area contributed by atoms with E-state index in [0.717, 1.165) is 0 Å². The quantitative estimate of drug-likeness (QED) is 0.536. The van der Waals surface area contributed by atoms with Gasteiger partial charge in [-0.05, 0) is 6.92 Å². The van der Waals surface area contributed by atoms with Gasteiger partial charge in [0, 0.05) is 6.54 Å². The predicted molar refractivity (Wildman–Crippen MR) is 43.3 cm³/mol. The maximum atomic E-state index is 10.8. The van der Waals surface area contributed by atoms with E-state index in [-0.39, 0.29) is 24.8 Å². The molecule has 0 aromatic rings. The third-order valence-electron chi connectivity index (χ3n) is 1.27. The molecule has 0 rings (SSSR count). The van der Waals surface area contributed by atoms with E-state index in [0.29, 0.717) is 0 Å². The summed E-state index contributed by atoms with van der Waals surface area (Å²) in [4.78, 5) is 21.4. The van der Waals surface area contributed by atoms with Gasteiger partial charge in [0.1, 0.15) is 0 Å². The van der Waals surface area contributed by atoms with Crippen molar-refractivity contribution in [2.24, 2.45) is 5.73 Å². The number of methoxy groups -OCH3 is 1. The Morgan fingerprint density at radius 1 is 1.58 bits per heavy atom. The van der Waals surface area contributed by atoms with E-state index in [4.69, 9.17) is 5.73 Å². The smallest absolute Gasteiger partial charge is 0.307 e. The predicted octanol–water partition coefficient (Wildman–Crippen LogP) is -0.987. The van der Waals surface area contributed by atoms with Gasteiger partial charge in [0.2, 0.25) is 5.91 Å². The zero-order chi connectivity index (χ0) is 9.56. The Labute approximate surface area is 71.3 Å². The molecule has 0 aromatic carbocycles. The third-order valence-corrected chi connectivity index (χ3v) is 1.27. The van der Waals surface area contributed by atoms with Crippen molar-refractivity contribution in [1.82, 2.24) is 5.32 Å². The molecule has 0 fully saturated rings. The number of nitrogens with one attached hydrogen (secondary N) is 1. The maximum absolute atomic E-state index is 10.8. The topological polar surface area (TPSA) is 81.4 Å². The van der Waals surface area contributed by atoms with Crippen LogP contribution in [0.25, 0.3) is 0 Å². The number of rotatable bonds is 4. The molecule has 1 amide bonds. The standard InChI is InChI=1S/C7H14N2O3/c1-5(8)7(11)9-4-3-6(10)12-2/h5H,3-4,8H2,1-2H3,(H,9,11)/t5-/m1/s1. The Morgan fingerprint density at radius 2 is 2.17 bits per heavy atom. The van der Waals surface area contributed by atoms with E-state index in [1.807, 2.05) is 0 Å². The van der Waals surface area contributed by atoms with Crippen LogP contribution in [0, 0.1) is 0 Å². The zero-order valence-corrected chi connectivity index (χ0v) is 7.29. The molecule has 0 saturated carbocycles. The summed E-state index contributed by atoms with van der Waals surface area (Å²) in [5.41, 5.74) is 5.26. The normalized spacial score (nSPS) is 11.9. The molecule has 0 unspecified atom stereocenters. The van der Waals surface area contributed by atoms with Crippen LogP contribution in [0.4, 0.5) is 0 Å². The number of amides is 1. The highest BCUT2D eigenvalue weighted by atomic mass is 16.5. The van der Waals surface area contributed by atoms with E-state index in [2.05, 4.69) is 10.1 Å². The van der Waals surface area contributed by atoms with Crippen LogP contribution < -0.4 is 11.1 Å². The van der Waals surface area contributed by atoms with Crippen molar-refractivity contribution >= 4 is 11.9 Å². The van der Waals surface area contributed by atoms with Crippen molar-refractivity contribution in [2.75, 3.05) is 13.7 Å². The fourth-order valence-corrected chi connectivity index (χ4v) is 0.551. The molecule has 0 aliphatic heterocycles. The van der Waals surface area contributed by atoms with Crippen LogP contribution in [0.5, 0.6) is 0 Å². The molecule has 5 heteroatoms. The highest BCUT2D eigenvalue weighted by molar-refractivity contribution is 5.81. The zero-order valence-electron chi connectivity index (χ0n) is 7.29. The van der Waals surface area contributed by atoms with E-state index in [9.17, 15) is 9.59 Å². The lowest BCUT2D eigenvalue weighted by Gasteiger charge is -2.05. The highest BCUT2D eigenvalue weighted by Gasteiger charge is 2.06. The first-order chi connectivity index (χ1) is 5.57. The lowest BCUT2D eigenvalue weighted by atomic mass is 10.3. The molecule has 0 aromatic heterocycles. The van der Waals surface area contributed by atoms with Crippen molar-refractivity contribution in [2.45, 2.75) is 19.4 Å². The lowest BCUT2D eigenvalue weighted by Crippen LogP contribution is -2.39. The third kappa shape index (κ3) is 4.68. The van der Waals surface area contributed by atoms with Crippen LogP contribution in [0.3, 0.4) is 0 Å². The van der Waals surface area contributed by atoms with Gasteiger partial charge >= 0.3 is 5.97 Å². The molecule has 0 aliphatic carbocycles. The second kappa shape index (κ2) is 5.54. The van der Waals surface area contributed by atoms with Crippen molar-refractivity contribution < 1.29 is 14.3 Å². The van der Waals surface area contributed by atoms with Crippen molar-refractivity contribution in [3.8, 4) is 0 Å². The fraction of sp³-hybridized carbons (Fsp3) is 0.714. The molecule has 12 heavy (non-hydrogen) atoms. The second-order valence-corrected chi connectivity index (χ2v) is 2.41. The summed E-state index contributed by atoms with van der Waals surface area (Å²) in [7, 11) is 1.30. The number of esters is 1. The van der Waals surface area contributed by atoms with Gasteiger partial charge in [0.25, 0.3) is 0 Å². The number of hydrogen-bond acceptors (Lipinski definition) is 4. The first kappa shape index (κ1) is 10.9. The van der Waals surface area contributed by atoms with E-state index < -0.39 is 6.04 Å². The van der Waals surface area contributed by atoms with Crippen LogP contribution in [-0.4, -0.2) is 31.6 Å². The van der Waals surface area contributed by atoms with E-state index in [1.165, 1.54) is 7.11 Å². The maximum Gasteiger partial charge on any atom is 0.307 e. The van der Waals surface area contributed by atoms with Gasteiger partial charge in [-0.25, -0.2) is 0 Å². The van der Waals surface area contributed by atoms with Crippen LogP contribution in [0.1, 0.15) is 13.3 Å². The molecule has 0 aliphatic rings. The molecule has 0 bridgehead atoms. The summed E-state index contributed by atoms with van der Waals surface area (Å²) >= 11 is 0. The van der Waals surface area contributed by atoms with Crippen molar-refractivity contribution in [3.05, 3.63) is 0 Å². The second-order valence-electron chi connectivity index (χ2n) is 2.41. The number of ether oxygens (including phenoxy) is 1. The van der Waals surface area contributed by atoms with Gasteiger partial charge in [-0.3, -0.25) is 9.59 Å². The summed E-state index contributed by atoms with van der Waals surface area (Å²) in [5.74, 6) is -0.612. The minimum absolute atomic E-state index is 0.176. The van der Waals surface area contributed by atoms with Gasteiger partial charge < -0.3 is 15.8 Å². The number of carbonyl (C=O) groups is 2. The monoisotopic (exact) mass is 174 g/mol. The average molecular weight is 174 g/mol. The van der Waals surface area contributed by atoms with E-state index >= 15 is 0 Å². The Morgan fingerprint density at radius 3 is 2.58 bits per heavy atom. The van der Waals surface area contributed by atoms with Crippen LogP contribution in [-0.2, 0) is 14.3 Å². The van der Waals surface area contributed by atoms with Crippen molar-refractivity contribution in [3.63, 3.8) is 0 Å². The molecule has 70 valence electrons. The van der Waals surface area contributed by atoms with Crippen LogP contribution >= 0.6 is 0 Å². The van der Waals surface area contributed by atoms with Gasteiger partial charge in [-0.2, -0.15) is 0 Å². The molecule has 0 radical (unpaired) electrons. The summed E-state index contributed by atoms with van der Waals surface area (Å²) in [6, 6.07) is -0.539. The largest absolute Gasteiger partial charge is 0.469 e. The minimum Gasteiger partial charge on any atom is -0.469 e. The molecular weight excluding hydrogens is 160 g/mol. The molecule has 0 saturated heterocycles. The SMILES string of the molecule is COC(=O)CCNC(=O)[C@@H](C)N. The molecule has 3 N–H and O–H groups in total. The Hall–Kier alpha value is -1.10. The van der Waals surface area contributed by atoms with Gasteiger partial charge in [-0.1, -0.05) is 0 Å². The van der Waals surface area contributed by atoms with Crippen molar-refractivity contribution in [1.29, 1.82) is 0 Å². The number of hydrogen-bond donors (Lipinski definition) is 2. The summed E-state index contributed by atoms with van der Waals surface area (Å²) in [6.07, 6.45) is 0.176. The Bertz CT molecular complexity index is 168. The summed E-state index contributed by atoms with van der Waals surface area (Å²) in [5, 5.41) is 2.48. The highest BCUT2D eigenvalue weighted by Crippen LogP contribution is 1.82.